The Labute approximate surface area is 106 Å². The van der Waals surface area contributed by atoms with E-state index >= 15 is 0 Å². The maximum atomic E-state index is 8.56. The zero-order chi connectivity index (χ0) is 12.8. The maximum absolute atomic E-state index is 8.56. The summed E-state index contributed by atoms with van der Waals surface area (Å²) in [7, 11) is 0. The average molecular weight is 256 g/mol. The Morgan fingerprint density at radius 3 is 2.88 bits per heavy atom. The number of aryl methyl sites for hydroxylation is 1. The quantitative estimate of drug-likeness (QED) is 0.315. The van der Waals surface area contributed by atoms with Gasteiger partial charge in [-0.1, -0.05) is 12.1 Å². The number of thiazole rings is 1. The summed E-state index contributed by atoms with van der Waals surface area (Å²) in [6.45, 7) is 6.13. The highest BCUT2D eigenvalue weighted by Gasteiger charge is 2.15. The molecule has 0 radical (unpaired) electrons. The molecular weight excluding hydrogens is 236 g/mol. The van der Waals surface area contributed by atoms with Crippen LogP contribution < -0.4 is 11.1 Å². The van der Waals surface area contributed by atoms with Gasteiger partial charge in [0, 0.05) is 23.5 Å². The van der Waals surface area contributed by atoms with Gasteiger partial charge in [0.25, 0.3) is 0 Å². The number of rotatable bonds is 6. The van der Waals surface area contributed by atoms with E-state index in [2.05, 4.69) is 29.3 Å². The highest BCUT2D eigenvalue weighted by atomic mass is 32.1. The highest BCUT2D eigenvalue weighted by Crippen LogP contribution is 2.18. The van der Waals surface area contributed by atoms with Crippen molar-refractivity contribution in [1.29, 1.82) is 0 Å². The second-order valence-corrected chi connectivity index (χ2v) is 5.01. The third kappa shape index (κ3) is 4.32. The van der Waals surface area contributed by atoms with Crippen molar-refractivity contribution in [2.75, 3.05) is 0 Å². The lowest BCUT2D eigenvalue weighted by atomic mass is 10.1. The lowest BCUT2D eigenvalue weighted by molar-refractivity contribution is 0.314. The van der Waals surface area contributed by atoms with Crippen LogP contribution in [-0.4, -0.2) is 22.1 Å². The molecule has 0 bridgehead atoms. The minimum absolute atomic E-state index is 0.185. The number of nitrogens with zero attached hydrogens (tertiary/aromatic N) is 2. The fraction of sp³-hybridized carbons (Fsp3) is 0.636. The Bertz CT molecular complexity index is 377. The van der Waals surface area contributed by atoms with Crippen molar-refractivity contribution in [2.45, 2.75) is 45.7 Å². The molecule has 6 heteroatoms. The molecule has 5 nitrogen and oxygen atoms in total. The molecule has 0 aliphatic carbocycles. The minimum Gasteiger partial charge on any atom is -0.409 e. The lowest BCUT2D eigenvalue weighted by Crippen LogP contribution is -2.34. The summed E-state index contributed by atoms with van der Waals surface area (Å²) in [5.41, 5.74) is 6.56. The van der Waals surface area contributed by atoms with Gasteiger partial charge in [0.2, 0.25) is 0 Å². The Balaban J connectivity index is 2.56. The predicted molar refractivity (Wildman–Crippen MR) is 70.5 cm³/mol. The molecule has 2 unspecified atom stereocenters. The average Bonchev–Trinajstić information content (AvgIpc) is 2.74. The van der Waals surface area contributed by atoms with E-state index < -0.39 is 0 Å². The molecule has 0 saturated carbocycles. The Morgan fingerprint density at radius 1 is 1.71 bits per heavy atom. The van der Waals surface area contributed by atoms with Gasteiger partial charge in [-0.2, -0.15) is 0 Å². The van der Waals surface area contributed by atoms with Crippen LogP contribution in [0, 0.1) is 6.92 Å². The summed E-state index contributed by atoms with van der Waals surface area (Å²) >= 11 is 1.65. The molecule has 0 fully saturated rings. The minimum atomic E-state index is 0.185. The highest BCUT2D eigenvalue weighted by molar-refractivity contribution is 7.09. The van der Waals surface area contributed by atoms with E-state index in [-0.39, 0.29) is 17.9 Å². The number of amidine groups is 1. The molecular formula is C11H20N4OS. The van der Waals surface area contributed by atoms with Crippen LogP contribution in [0.1, 0.15) is 43.4 Å². The lowest BCUT2D eigenvalue weighted by Gasteiger charge is -2.20. The van der Waals surface area contributed by atoms with E-state index in [1.54, 1.807) is 11.3 Å². The van der Waals surface area contributed by atoms with Crippen LogP contribution in [0.4, 0.5) is 0 Å². The molecule has 1 aromatic rings. The zero-order valence-electron chi connectivity index (χ0n) is 10.5. The molecule has 1 aromatic heterocycles. The molecule has 96 valence electrons. The number of oxime groups is 1. The molecule has 0 amide bonds. The van der Waals surface area contributed by atoms with Crippen LogP contribution in [0.25, 0.3) is 0 Å². The van der Waals surface area contributed by atoms with Gasteiger partial charge in [0.1, 0.15) is 10.8 Å². The third-order valence-corrected chi connectivity index (χ3v) is 3.71. The molecule has 2 atom stereocenters. The predicted octanol–water partition coefficient (Wildman–Crippen LogP) is 2.02. The van der Waals surface area contributed by atoms with Crippen molar-refractivity contribution >= 4 is 17.2 Å². The van der Waals surface area contributed by atoms with E-state index in [4.69, 9.17) is 10.9 Å². The maximum Gasteiger partial charge on any atom is 0.140 e. The van der Waals surface area contributed by atoms with E-state index in [0.29, 0.717) is 6.42 Å². The van der Waals surface area contributed by atoms with Gasteiger partial charge in [0.15, 0.2) is 0 Å². The van der Waals surface area contributed by atoms with Crippen LogP contribution in [0.2, 0.25) is 0 Å². The molecule has 0 aromatic carbocycles. The summed E-state index contributed by atoms with van der Waals surface area (Å²) < 4.78 is 0. The second kappa shape index (κ2) is 6.56. The normalized spacial score (nSPS) is 15.8. The van der Waals surface area contributed by atoms with Crippen LogP contribution in [-0.2, 0) is 0 Å². The molecule has 0 spiro atoms. The van der Waals surface area contributed by atoms with Crippen molar-refractivity contribution in [3.05, 3.63) is 16.1 Å². The molecule has 17 heavy (non-hydrogen) atoms. The van der Waals surface area contributed by atoms with Crippen LogP contribution in [0.15, 0.2) is 10.5 Å². The standard InChI is InChI=1S/C11H20N4OS/c1-4-9(5-10(12)15-16)14-8(3)11-13-7(2)6-17-11/h6,8-9,14,16H,4-5H2,1-3H3,(H2,12,15). The summed E-state index contributed by atoms with van der Waals surface area (Å²) in [6.07, 6.45) is 1.46. The largest absolute Gasteiger partial charge is 0.409 e. The zero-order valence-corrected chi connectivity index (χ0v) is 11.3. The molecule has 4 N–H and O–H groups in total. The topological polar surface area (TPSA) is 83.5 Å². The van der Waals surface area contributed by atoms with Gasteiger partial charge in [-0.3, -0.25) is 0 Å². The number of aromatic nitrogens is 1. The first kappa shape index (κ1) is 13.9. The van der Waals surface area contributed by atoms with Gasteiger partial charge < -0.3 is 16.3 Å². The van der Waals surface area contributed by atoms with Gasteiger partial charge >= 0.3 is 0 Å². The Kier molecular flexibility index (Phi) is 5.37. The summed E-state index contributed by atoms with van der Waals surface area (Å²) in [6, 6.07) is 0.384. The number of nitrogens with two attached hydrogens (primary N) is 1. The van der Waals surface area contributed by atoms with Gasteiger partial charge in [-0.15, -0.1) is 11.3 Å². The van der Waals surface area contributed by atoms with E-state index in [9.17, 15) is 0 Å². The van der Waals surface area contributed by atoms with Crippen molar-refractivity contribution < 1.29 is 5.21 Å². The van der Waals surface area contributed by atoms with Crippen molar-refractivity contribution in [1.82, 2.24) is 10.3 Å². The SMILES string of the molecule is CCC(CC(N)=NO)NC(C)c1nc(C)cs1. The first-order valence-electron chi connectivity index (χ1n) is 5.71. The van der Waals surface area contributed by atoms with Crippen molar-refractivity contribution in [2.24, 2.45) is 10.9 Å². The molecule has 1 heterocycles. The smallest absolute Gasteiger partial charge is 0.140 e. The first-order valence-corrected chi connectivity index (χ1v) is 6.59. The fourth-order valence-electron chi connectivity index (χ4n) is 1.61. The first-order chi connectivity index (χ1) is 8.06. The second-order valence-electron chi connectivity index (χ2n) is 4.12. The molecule has 0 aliphatic heterocycles. The van der Waals surface area contributed by atoms with E-state index in [0.717, 1.165) is 17.1 Å². The van der Waals surface area contributed by atoms with Crippen LogP contribution in [0.5, 0.6) is 0 Å². The van der Waals surface area contributed by atoms with Gasteiger partial charge in [-0.05, 0) is 20.3 Å². The summed E-state index contributed by atoms with van der Waals surface area (Å²) in [5, 5.41) is 18.1. The molecule has 0 saturated heterocycles. The van der Waals surface area contributed by atoms with E-state index in [1.807, 2.05) is 12.3 Å². The van der Waals surface area contributed by atoms with Gasteiger partial charge in [0.05, 0.1) is 6.04 Å². The van der Waals surface area contributed by atoms with E-state index in [1.165, 1.54) is 0 Å². The Morgan fingerprint density at radius 2 is 2.41 bits per heavy atom. The molecule has 1 rings (SSSR count). The Hall–Kier alpha value is -1.14. The molecule has 0 aliphatic rings. The number of nitrogens with one attached hydrogen (secondary N) is 1. The van der Waals surface area contributed by atoms with Crippen molar-refractivity contribution in [3.8, 4) is 0 Å². The number of hydrogen-bond donors (Lipinski definition) is 3. The van der Waals surface area contributed by atoms with Gasteiger partial charge in [-0.25, -0.2) is 4.98 Å². The third-order valence-electron chi connectivity index (χ3n) is 2.57. The van der Waals surface area contributed by atoms with Crippen molar-refractivity contribution in [3.63, 3.8) is 0 Å². The van der Waals surface area contributed by atoms with Crippen LogP contribution >= 0.6 is 11.3 Å². The summed E-state index contributed by atoms with van der Waals surface area (Å²) in [5.74, 6) is 0.256. The monoisotopic (exact) mass is 256 g/mol. The van der Waals surface area contributed by atoms with Crippen LogP contribution in [0.3, 0.4) is 0 Å². The fourth-order valence-corrected chi connectivity index (χ4v) is 2.42. The summed E-state index contributed by atoms with van der Waals surface area (Å²) in [4.78, 5) is 4.44. The number of hydrogen-bond acceptors (Lipinski definition) is 5.